The first-order valence-electron chi connectivity index (χ1n) is 12.2. The van der Waals surface area contributed by atoms with Crippen LogP contribution in [0, 0.1) is 5.41 Å². The van der Waals surface area contributed by atoms with Crippen molar-refractivity contribution >= 4 is 34.3 Å². The molecule has 0 unspecified atom stereocenters. The molecule has 3 aliphatic heterocycles. The fraction of sp³-hybridized carbons (Fsp3) is 0.375. The van der Waals surface area contributed by atoms with Crippen molar-refractivity contribution < 1.29 is 4.79 Å². The molecule has 3 N–H and O–H groups in total. The molecule has 1 spiro atoms. The zero-order valence-electron chi connectivity index (χ0n) is 20.7. The maximum Gasteiger partial charge on any atom is 0.255 e. The van der Waals surface area contributed by atoms with Crippen molar-refractivity contribution in [1.82, 2.24) is 45.7 Å². The number of nitrogens with one attached hydrogen (secondary N) is 3. The largest absolute Gasteiger partial charge is 0.355 e. The number of rotatable bonds is 4. The van der Waals surface area contributed by atoms with Gasteiger partial charge in [-0.2, -0.15) is 5.10 Å². The van der Waals surface area contributed by atoms with Crippen LogP contribution in [-0.4, -0.2) is 79.5 Å². The van der Waals surface area contributed by atoms with Gasteiger partial charge in [-0.25, -0.2) is 14.6 Å². The van der Waals surface area contributed by atoms with Gasteiger partial charge in [-0.15, -0.1) is 0 Å². The number of carbonyl (C=O) groups is 1. The second-order valence-corrected chi connectivity index (χ2v) is 10.2. The molecule has 2 fully saturated rings. The molecule has 13 nitrogen and oxygen atoms in total. The molecule has 0 saturated carbocycles. The summed E-state index contributed by atoms with van der Waals surface area (Å²) in [5, 5.41) is 26.8. The van der Waals surface area contributed by atoms with Crippen LogP contribution in [0.3, 0.4) is 0 Å². The third-order valence-corrected chi connectivity index (χ3v) is 7.79. The Kier molecular flexibility index (Phi) is 4.61. The number of anilines is 3. The number of hydrogen-bond acceptors (Lipinski definition) is 10. The van der Waals surface area contributed by atoms with E-state index in [2.05, 4.69) is 51.2 Å². The lowest BCUT2D eigenvalue weighted by Crippen LogP contribution is -2.71. The molecule has 0 aliphatic carbocycles. The van der Waals surface area contributed by atoms with E-state index in [1.165, 1.54) is 0 Å². The van der Waals surface area contributed by atoms with Gasteiger partial charge < -0.3 is 20.4 Å². The highest BCUT2D eigenvalue weighted by molar-refractivity contribution is 6.07. The Labute approximate surface area is 212 Å². The highest BCUT2D eigenvalue weighted by atomic mass is 16.1. The van der Waals surface area contributed by atoms with E-state index in [4.69, 9.17) is 0 Å². The second-order valence-electron chi connectivity index (χ2n) is 10.2. The van der Waals surface area contributed by atoms with Crippen molar-refractivity contribution in [2.75, 3.05) is 48.3 Å². The molecule has 0 bridgehead atoms. The highest BCUT2D eigenvalue weighted by Crippen LogP contribution is 2.38. The van der Waals surface area contributed by atoms with Crippen molar-refractivity contribution in [3.05, 3.63) is 41.9 Å². The van der Waals surface area contributed by atoms with Gasteiger partial charge in [0.2, 0.25) is 5.95 Å². The van der Waals surface area contributed by atoms with E-state index in [9.17, 15) is 4.79 Å². The fourth-order valence-electron chi connectivity index (χ4n) is 5.53. The number of aromatic nitrogens is 8. The van der Waals surface area contributed by atoms with Crippen LogP contribution in [0.5, 0.6) is 0 Å². The minimum absolute atomic E-state index is 0.205. The van der Waals surface area contributed by atoms with E-state index in [1.807, 2.05) is 50.1 Å². The summed E-state index contributed by atoms with van der Waals surface area (Å²) in [6.45, 7) is 7.96. The lowest BCUT2D eigenvalue weighted by atomic mass is 9.74. The minimum Gasteiger partial charge on any atom is -0.355 e. The van der Waals surface area contributed by atoms with Gasteiger partial charge in [0.1, 0.15) is 17.8 Å². The number of tetrazole rings is 1. The summed E-state index contributed by atoms with van der Waals surface area (Å²) < 4.78 is 1.65. The van der Waals surface area contributed by atoms with Crippen molar-refractivity contribution in [2.45, 2.75) is 19.9 Å². The first kappa shape index (κ1) is 21.9. The molecular formula is C24H26N12O. The quantitative estimate of drug-likeness (QED) is 0.377. The molecule has 0 radical (unpaired) electrons. The van der Waals surface area contributed by atoms with Gasteiger partial charge in [0.15, 0.2) is 0 Å². The highest BCUT2D eigenvalue weighted by Gasteiger charge is 2.48. The predicted octanol–water partition coefficient (Wildman–Crippen LogP) is 1.34. The van der Waals surface area contributed by atoms with Gasteiger partial charge in [0.25, 0.3) is 5.91 Å². The van der Waals surface area contributed by atoms with Gasteiger partial charge in [-0.3, -0.25) is 9.89 Å². The number of H-pyrrole nitrogens is 1. The van der Waals surface area contributed by atoms with E-state index in [1.54, 1.807) is 11.0 Å². The lowest BCUT2D eigenvalue weighted by Gasteiger charge is -2.56. The molecule has 188 valence electrons. The molecular weight excluding hydrogens is 472 g/mol. The molecule has 7 rings (SSSR count). The normalized spacial score (nSPS) is 20.1. The molecule has 4 aromatic rings. The van der Waals surface area contributed by atoms with Crippen LogP contribution in [0.2, 0.25) is 0 Å². The molecule has 3 aliphatic rings. The van der Waals surface area contributed by atoms with Crippen LogP contribution in [0.1, 0.15) is 19.9 Å². The third-order valence-electron chi connectivity index (χ3n) is 7.79. The van der Waals surface area contributed by atoms with Gasteiger partial charge in [0, 0.05) is 61.5 Å². The molecule has 2 saturated heterocycles. The predicted molar refractivity (Wildman–Crippen MR) is 137 cm³/mol. The Morgan fingerprint density at radius 3 is 2.81 bits per heavy atom. The van der Waals surface area contributed by atoms with Crippen LogP contribution in [0.4, 0.5) is 17.5 Å². The number of amides is 1. The Bertz CT molecular complexity index is 1570. The van der Waals surface area contributed by atoms with Crippen molar-refractivity contribution in [3.8, 4) is 11.4 Å². The molecule has 13 heteroatoms. The third kappa shape index (κ3) is 3.30. The van der Waals surface area contributed by atoms with Gasteiger partial charge >= 0.3 is 0 Å². The Morgan fingerprint density at radius 1 is 1.19 bits per heavy atom. The summed E-state index contributed by atoms with van der Waals surface area (Å²) in [5.74, 6) is 1.31. The average Bonchev–Trinajstić information content (AvgIpc) is 3.49. The number of carbonyl (C=O) groups excluding carboxylic acids is 1. The van der Waals surface area contributed by atoms with Crippen molar-refractivity contribution in [2.24, 2.45) is 5.41 Å². The number of allylic oxidation sites excluding steroid dienone is 1. The standard InChI is InChI=1S/C24H26N12O/c1-13-20(14(2)36-23(34(13)3)31-32-33-36)22(37)28-15-4-5-17-16(6-15)21(30-29-17)18-7-19(27-12-26-18)35-10-24(11-35)8-25-9-24/h4-7,12,14,25H,8-11H2,1-3H3,(H,28,37)(H,29,30)/t14-/m1/s1. The Hall–Kier alpha value is -4.39. The smallest absolute Gasteiger partial charge is 0.255 e. The number of benzene rings is 1. The average molecular weight is 499 g/mol. The molecule has 1 atom stereocenters. The molecule has 1 amide bonds. The summed E-state index contributed by atoms with van der Waals surface area (Å²) in [4.78, 5) is 26.5. The van der Waals surface area contributed by atoms with Crippen molar-refractivity contribution in [3.63, 3.8) is 0 Å². The first-order chi connectivity index (χ1) is 17.9. The van der Waals surface area contributed by atoms with E-state index < -0.39 is 0 Å². The molecule has 37 heavy (non-hydrogen) atoms. The maximum atomic E-state index is 13.4. The molecule has 3 aromatic heterocycles. The van der Waals surface area contributed by atoms with E-state index in [0.29, 0.717) is 22.6 Å². The second kappa shape index (κ2) is 7.80. The number of nitrogens with zero attached hydrogens (tertiary/aromatic N) is 9. The SMILES string of the molecule is CC1=C(C(=O)Nc2ccc3[nH]nc(-c4cc(N5CC6(CNC6)C5)ncn4)c3c2)[C@@H](C)n2nnnc2N1C. The zero-order valence-corrected chi connectivity index (χ0v) is 20.7. The minimum atomic E-state index is -0.301. The van der Waals surface area contributed by atoms with E-state index >= 15 is 0 Å². The fourth-order valence-corrected chi connectivity index (χ4v) is 5.53. The van der Waals surface area contributed by atoms with Crippen LogP contribution in [0.25, 0.3) is 22.3 Å². The Morgan fingerprint density at radius 2 is 2.03 bits per heavy atom. The van der Waals surface area contributed by atoms with E-state index in [0.717, 1.165) is 60.0 Å². The van der Waals surface area contributed by atoms with Gasteiger partial charge in [-0.05, 0) is 42.5 Å². The molecule has 1 aromatic carbocycles. The monoisotopic (exact) mass is 498 g/mol. The number of hydrogen-bond donors (Lipinski definition) is 3. The lowest BCUT2D eigenvalue weighted by molar-refractivity contribution is -0.113. The Balaban J connectivity index is 1.16. The molecule has 6 heterocycles. The van der Waals surface area contributed by atoms with Gasteiger partial charge in [0.05, 0.1) is 22.8 Å². The van der Waals surface area contributed by atoms with Crippen molar-refractivity contribution in [1.29, 1.82) is 0 Å². The van der Waals surface area contributed by atoms with Crippen LogP contribution < -0.4 is 20.4 Å². The van der Waals surface area contributed by atoms with E-state index in [-0.39, 0.29) is 11.9 Å². The van der Waals surface area contributed by atoms with Crippen LogP contribution in [0.15, 0.2) is 41.9 Å². The maximum absolute atomic E-state index is 13.4. The summed E-state index contributed by atoms with van der Waals surface area (Å²) in [7, 11) is 1.85. The summed E-state index contributed by atoms with van der Waals surface area (Å²) in [5.41, 5.74) is 4.78. The first-order valence-corrected chi connectivity index (χ1v) is 12.2. The number of fused-ring (bicyclic) bond motifs is 2. The van der Waals surface area contributed by atoms with Crippen LogP contribution in [-0.2, 0) is 4.79 Å². The summed E-state index contributed by atoms with van der Waals surface area (Å²) in [6, 6.07) is 7.36. The van der Waals surface area contributed by atoms with Gasteiger partial charge in [-0.1, -0.05) is 5.10 Å². The summed E-state index contributed by atoms with van der Waals surface area (Å²) >= 11 is 0. The van der Waals surface area contributed by atoms with Crippen LogP contribution >= 0.6 is 0 Å². The summed E-state index contributed by atoms with van der Waals surface area (Å²) in [6.07, 6.45) is 1.59. The number of aromatic amines is 1. The topological polar surface area (TPSA) is 146 Å². The zero-order chi connectivity index (χ0) is 25.3.